The summed E-state index contributed by atoms with van der Waals surface area (Å²) >= 11 is 0. The SMILES string of the molecule is CNCCCN(C)C(=O)c1ccc(=O)oc1. The van der Waals surface area contributed by atoms with Crippen molar-refractivity contribution in [3.63, 3.8) is 0 Å². The topological polar surface area (TPSA) is 62.6 Å². The van der Waals surface area contributed by atoms with E-state index >= 15 is 0 Å². The van der Waals surface area contributed by atoms with Gasteiger partial charge in [0.1, 0.15) is 6.26 Å². The first-order valence-corrected chi connectivity index (χ1v) is 5.14. The van der Waals surface area contributed by atoms with Gasteiger partial charge in [0.2, 0.25) is 0 Å². The molecular formula is C11H16N2O3. The molecule has 1 aromatic heterocycles. The zero-order valence-corrected chi connectivity index (χ0v) is 9.53. The molecule has 0 radical (unpaired) electrons. The average molecular weight is 224 g/mol. The van der Waals surface area contributed by atoms with E-state index in [1.165, 1.54) is 18.4 Å². The summed E-state index contributed by atoms with van der Waals surface area (Å²) in [4.78, 5) is 24.1. The first-order chi connectivity index (χ1) is 7.65. The van der Waals surface area contributed by atoms with Crippen molar-refractivity contribution in [3.8, 4) is 0 Å². The molecule has 0 aliphatic heterocycles. The van der Waals surface area contributed by atoms with Crippen LogP contribution >= 0.6 is 0 Å². The largest absolute Gasteiger partial charge is 0.430 e. The molecule has 5 heteroatoms. The van der Waals surface area contributed by atoms with Crippen LogP contribution in [0.5, 0.6) is 0 Å². The van der Waals surface area contributed by atoms with Crippen molar-refractivity contribution < 1.29 is 9.21 Å². The number of nitrogens with zero attached hydrogens (tertiary/aromatic N) is 1. The van der Waals surface area contributed by atoms with Crippen LogP contribution in [0.4, 0.5) is 0 Å². The van der Waals surface area contributed by atoms with Crippen LogP contribution in [0.25, 0.3) is 0 Å². The molecule has 1 heterocycles. The number of amides is 1. The molecule has 5 nitrogen and oxygen atoms in total. The predicted molar refractivity (Wildman–Crippen MR) is 60.5 cm³/mol. The van der Waals surface area contributed by atoms with Gasteiger partial charge in [0.15, 0.2) is 0 Å². The third kappa shape index (κ3) is 3.51. The minimum Gasteiger partial charge on any atom is -0.430 e. The number of hydrogen-bond donors (Lipinski definition) is 1. The van der Waals surface area contributed by atoms with Crippen molar-refractivity contribution in [3.05, 3.63) is 34.4 Å². The van der Waals surface area contributed by atoms with Crippen LogP contribution in [0.3, 0.4) is 0 Å². The lowest BCUT2D eigenvalue weighted by atomic mass is 10.2. The lowest BCUT2D eigenvalue weighted by Gasteiger charge is -2.16. The molecule has 0 saturated heterocycles. The van der Waals surface area contributed by atoms with Crippen molar-refractivity contribution in [2.24, 2.45) is 0 Å². The summed E-state index contributed by atoms with van der Waals surface area (Å²) in [6.45, 7) is 1.53. The third-order valence-electron chi connectivity index (χ3n) is 2.21. The van der Waals surface area contributed by atoms with E-state index in [2.05, 4.69) is 9.73 Å². The van der Waals surface area contributed by atoms with Gasteiger partial charge in [0.05, 0.1) is 5.56 Å². The van der Waals surface area contributed by atoms with Crippen molar-refractivity contribution in [2.75, 3.05) is 27.2 Å². The Labute approximate surface area is 94.1 Å². The predicted octanol–water partition coefficient (Wildman–Crippen LogP) is 0.321. The maximum absolute atomic E-state index is 11.8. The molecule has 0 aliphatic carbocycles. The molecule has 0 fully saturated rings. The fourth-order valence-electron chi connectivity index (χ4n) is 1.29. The van der Waals surface area contributed by atoms with E-state index in [0.717, 1.165) is 13.0 Å². The fourth-order valence-corrected chi connectivity index (χ4v) is 1.29. The molecule has 0 aromatic carbocycles. The summed E-state index contributed by atoms with van der Waals surface area (Å²) in [5.74, 6) is -0.139. The Balaban J connectivity index is 2.56. The van der Waals surface area contributed by atoms with Crippen LogP contribution in [0.15, 0.2) is 27.6 Å². The van der Waals surface area contributed by atoms with Crippen LogP contribution in [-0.2, 0) is 0 Å². The van der Waals surface area contributed by atoms with E-state index in [1.807, 2.05) is 7.05 Å². The van der Waals surface area contributed by atoms with Gasteiger partial charge in [-0.2, -0.15) is 0 Å². The van der Waals surface area contributed by atoms with Gasteiger partial charge in [0, 0.05) is 19.7 Å². The zero-order valence-electron chi connectivity index (χ0n) is 9.53. The molecule has 1 amide bonds. The summed E-state index contributed by atoms with van der Waals surface area (Å²) in [6.07, 6.45) is 2.08. The monoisotopic (exact) mass is 224 g/mol. The number of rotatable bonds is 5. The van der Waals surface area contributed by atoms with Crippen molar-refractivity contribution in [1.29, 1.82) is 0 Å². The number of carbonyl (C=O) groups is 1. The Morgan fingerprint density at radius 3 is 2.81 bits per heavy atom. The molecule has 16 heavy (non-hydrogen) atoms. The van der Waals surface area contributed by atoms with Crippen LogP contribution in [0.1, 0.15) is 16.8 Å². The van der Waals surface area contributed by atoms with Crippen molar-refractivity contribution >= 4 is 5.91 Å². The van der Waals surface area contributed by atoms with Gasteiger partial charge in [-0.05, 0) is 26.1 Å². The lowest BCUT2D eigenvalue weighted by molar-refractivity contribution is 0.0791. The highest BCUT2D eigenvalue weighted by Crippen LogP contribution is 2.01. The first-order valence-electron chi connectivity index (χ1n) is 5.14. The normalized spacial score (nSPS) is 10.1. The summed E-state index contributed by atoms with van der Waals surface area (Å²) in [5, 5.41) is 3.01. The lowest BCUT2D eigenvalue weighted by Crippen LogP contribution is -2.29. The number of carbonyl (C=O) groups excluding carboxylic acids is 1. The quantitative estimate of drug-likeness (QED) is 0.732. The van der Waals surface area contributed by atoms with E-state index in [1.54, 1.807) is 11.9 Å². The zero-order chi connectivity index (χ0) is 12.0. The van der Waals surface area contributed by atoms with Gasteiger partial charge in [-0.1, -0.05) is 0 Å². The van der Waals surface area contributed by atoms with E-state index < -0.39 is 5.63 Å². The highest BCUT2D eigenvalue weighted by atomic mass is 16.4. The van der Waals surface area contributed by atoms with Gasteiger partial charge >= 0.3 is 5.63 Å². The van der Waals surface area contributed by atoms with Gasteiger partial charge in [-0.25, -0.2) is 4.79 Å². The molecule has 0 bridgehead atoms. The second-order valence-electron chi connectivity index (χ2n) is 3.53. The van der Waals surface area contributed by atoms with Crippen LogP contribution in [0.2, 0.25) is 0 Å². The summed E-state index contributed by atoms with van der Waals surface area (Å²) < 4.78 is 4.64. The summed E-state index contributed by atoms with van der Waals surface area (Å²) in [5.41, 5.74) is -0.0547. The van der Waals surface area contributed by atoms with Gasteiger partial charge < -0.3 is 14.6 Å². The molecule has 0 saturated carbocycles. The maximum atomic E-state index is 11.8. The maximum Gasteiger partial charge on any atom is 0.335 e. The highest BCUT2D eigenvalue weighted by molar-refractivity contribution is 5.93. The van der Waals surface area contributed by atoms with E-state index in [4.69, 9.17) is 0 Å². The smallest absolute Gasteiger partial charge is 0.335 e. The Morgan fingerprint density at radius 2 is 2.25 bits per heavy atom. The fraction of sp³-hybridized carbons (Fsp3) is 0.455. The van der Waals surface area contributed by atoms with Crippen LogP contribution in [-0.4, -0.2) is 38.0 Å². The minimum atomic E-state index is -0.450. The second kappa shape index (κ2) is 6.07. The van der Waals surface area contributed by atoms with Gasteiger partial charge in [-0.15, -0.1) is 0 Å². The summed E-state index contributed by atoms with van der Waals surface area (Å²) in [6, 6.07) is 2.72. The Hall–Kier alpha value is -1.62. The Kier molecular flexibility index (Phi) is 4.72. The second-order valence-corrected chi connectivity index (χ2v) is 3.53. The molecule has 1 N–H and O–H groups in total. The van der Waals surface area contributed by atoms with Crippen molar-refractivity contribution in [2.45, 2.75) is 6.42 Å². The highest BCUT2D eigenvalue weighted by Gasteiger charge is 2.11. The standard InChI is InChI=1S/C11H16N2O3/c1-12-6-3-7-13(2)11(15)9-4-5-10(14)16-8-9/h4-5,8,12H,3,6-7H2,1-2H3. The minimum absolute atomic E-state index is 0.139. The number of hydrogen-bond acceptors (Lipinski definition) is 4. The van der Waals surface area contributed by atoms with E-state index in [-0.39, 0.29) is 5.91 Å². The molecule has 0 atom stereocenters. The average Bonchev–Trinajstić information content (AvgIpc) is 2.29. The third-order valence-corrected chi connectivity index (χ3v) is 2.21. The van der Waals surface area contributed by atoms with Gasteiger partial charge in [-0.3, -0.25) is 4.79 Å². The Morgan fingerprint density at radius 1 is 1.50 bits per heavy atom. The molecule has 88 valence electrons. The van der Waals surface area contributed by atoms with Gasteiger partial charge in [0.25, 0.3) is 5.91 Å². The number of nitrogens with one attached hydrogen (secondary N) is 1. The first kappa shape index (κ1) is 12.4. The molecule has 0 unspecified atom stereocenters. The molecule has 0 spiro atoms. The molecule has 0 aliphatic rings. The molecular weight excluding hydrogens is 208 g/mol. The molecule has 1 aromatic rings. The van der Waals surface area contributed by atoms with E-state index in [9.17, 15) is 9.59 Å². The van der Waals surface area contributed by atoms with Crippen LogP contribution < -0.4 is 10.9 Å². The summed E-state index contributed by atoms with van der Waals surface area (Å²) in [7, 11) is 3.59. The van der Waals surface area contributed by atoms with Crippen LogP contribution in [0, 0.1) is 0 Å². The molecule has 1 rings (SSSR count). The van der Waals surface area contributed by atoms with E-state index in [0.29, 0.717) is 12.1 Å². The van der Waals surface area contributed by atoms with Crippen molar-refractivity contribution in [1.82, 2.24) is 10.2 Å². The Bertz CT molecular complexity index is 380.